The maximum Gasteiger partial charge on any atom is 0.219 e. The lowest BCUT2D eigenvalue weighted by atomic mass is 10.1. The van der Waals surface area contributed by atoms with Crippen LogP contribution in [0.25, 0.3) is 0 Å². The predicted molar refractivity (Wildman–Crippen MR) is 126 cm³/mol. The topological polar surface area (TPSA) is 34.6 Å². The normalized spacial score (nSPS) is 11.0. The highest BCUT2D eigenvalue weighted by Crippen LogP contribution is 2.38. The molecule has 0 atom stereocenters. The van der Waals surface area contributed by atoms with Crippen molar-refractivity contribution in [1.29, 1.82) is 0 Å². The Kier molecular flexibility index (Phi) is 8.55. The van der Waals surface area contributed by atoms with Crippen LogP contribution in [0.3, 0.4) is 0 Å². The van der Waals surface area contributed by atoms with Crippen molar-refractivity contribution < 1.29 is 9.47 Å². The van der Waals surface area contributed by atoms with Gasteiger partial charge in [0, 0.05) is 33.9 Å². The Hall–Kier alpha value is -2.08. The molecule has 3 rings (SSSR count). The molecule has 3 aromatic rings. The van der Waals surface area contributed by atoms with E-state index in [4.69, 9.17) is 21.1 Å². The molecular weight excluding hydrogens is 464 g/mol. The largest absolute Gasteiger partial charge is 0.485 e. The van der Waals surface area contributed by atoms with E-state index in [1.165, 1.54) is 0 Å². The summed E-state index contributed by atoms with van der Waals surface area (Å²) in [6, 6.07) is 17.3. The van der Waals surface area contributed by atoms with Crippen LogP contribution in [0.5, 0.6) is 17.4 Å². The average Bonchev–Trinajstić information content (AvgIpc) is 2.75. The summed E-state index contributed by atoms with van der Waals surface area (Å²) in [5.74, 6) is 1.92. The van der Waals surface area contributed by atoms with Crippen molar-refractivity contribution >= 4 is 27.5 Å². The number of likely N-dealkylation sites (N-methyl/N-ethyl adjacent to an activating group) is 1. The van der Waals surface area contributed by atoms with Gasteiger partial charge in [-0.2, -0.15) is 0 Å². The smallest absolute Gasteiger partial charge is 0.219 e. The van der Waals surface area contributed by atoms with Gasteiger partial charge in [-0.1, -0.05) is 59.6 Å². The van der Waals surface area contributed by atoms with Gasteiger partial charge in [0.2, 0.25) is 5.88 Å². The Morgan fingerprint density at radius 2 is 1.80 bits per heavy atom. The molecule has 0 radical (unpaired) electrons. The van der Waals surface area contributed by atoms with E-state index in [-0.39, 0.29) is 0 Å². The van der Waals surface area contributed by atoms with Crippen LogP contribution in [-0.4, -0.2) is 29.5 Å². The molecule has 0 unspecified atom stereocenters. The molecule has 0 N–H and O–H groups in total. The Bertz CT molecular complexity index is 932. The molecule has 0 saturated carbocycles. The number of hydrogen-bond donors (Lipinski definition) is 0. The minimum atomic E-state index is 0.426. The second kappa shape index (κ2) is 11.3. The number of benzene rings is 2. The zero-order valence-electron chi connectivity index (χ0n) is 17.3. The highest BCUT2D eigenvalue weighted by atomic mass is 79.9. The summed E-state index contributed by atoms with van der Waals surface area (Å²) in [7, 11) is 0. The first-order chi connectivity index (χ1) is 14.6. The number of rotatable bonds is 10. The van der Waals surface area contributed by atoms with E-state index in [0.717, 1.165) is 47.4 Å². The maximum atomic E-state index is 6.29. The first-order valence-corrected chi connectivity index (χ1v) is 11.3. The quantitative estimate of drug-likeness (QED) is 0.315. The van der Waals surface area contributed by atoms with Gasteiger partial charge in [-0.15, -0.1) is 0 Å². The molecule has 0 aliphatic rings. The van der Waals surface area contributed by atoms with Gasteiger partial charge in [0.25, 0.3) is 0 Å². The van der Waals surface area contributed by atoms with Crippen LogP contribution >= 0.6 is 27.5 Å². The number of nitrogens with zero attached hydrogens (tertiary/aromatic N) is 2. The van der Waals surface area contributed by atoms with Crippen LogP contribution < -0.4 is 9.47 Å². The molecule has 1 aromatic heterocycles. The highest BCUT2D eigenvalue weighted by molar-refractivity contribution is 9.10. The summed E-state index contributed by atoms with van der Waals surface area (Å²) in [6.45, 7) is 7.76. The summed E-state index contributed by atoms with van der Waals surface area (Å²) in [5, 5.41) is 0.710. The molecule has 0 spiro atoms. The highest BCUT2D eigenvalue weighted by Gasteiger charge is 2.16. The van der Waals surface area contributed by atoms with Gasteiger partial charge >= 0.3 is 0 Å². The number of ether oxygens (including phenoxy) is 2. The molecular formula is C24H26BrClN2O2. The summed E-state index contributed by atoms with van der Waals surface area (Å²) < 4.78 is 13.3. The van der Waals surface area contributed by atoms with E-state index in [2.05, 4.69) is 45.7 Å². The summed E-state index contributed by atoms with van der Waals surface area (Å²) in [4.78, 5) is 6.68. The minimum Gasteiger partial charge on any atom is -0.485 e. The fourth-order valence-electron chi connectivity index (χ4n) is 3.12. The molecule has 1 heterocycles. The van der Waals surface area contributed by atoms with Gasteiger partial charge in [0.15, 0.2) is 11.5 Å². The lowest BCUT2D eigenvalue weighted by molar-refractivity contribution is 0.280. The summed E-state index contributed by atoms with van der Waals surface area (Å²) in [6.07, 6.45) is 2.57. The van der Waals surface area contributed by atoms with E-state index in [1.54, 1.807) is 6.20 Å². The lowest BCUT2D eigenvalue weighted by Gasteiger charge is -2.21. The monoisotopic (exact) mass is 488 g/mol. The average molecular weight is 490 g/mol. The molecule has 0 bridgehead atoms. The molecule has 6 heteroatoms. The van der Waals surface area contributed by atoms with Gasteiger partial charge in [-0.05, 0) is 55.4 Å². The summed E-state index contributed by atoms with van der Waals surface area (Å²) >= 11 is 9.63. The van der Waals surface area contributed by atoms with Crippen molar-refractivity contribution in [1.82, 2.24) is 9.88 Å². The van der Waals surface area contributed by atoms with Crippen molar-refractivity contribution in [2.45, 2.75) is 26.9 Å². The van der Waals surface area contributed by atoms with Crippen molar-refractivity contribution in [2.75, 3.05) is 19.6 Å². The van der Waals surface area contributed by atoms with Crippen LogP contribution in [0.4, 0.5) is 0 Å². The molecule has 0 aliphatic carbocycles. The predicted octanol–water partition coefficient (Wildman–Crippen LogP) is 6.75. The first kappa shape index (κ1) is 22.6. The van der Waals surface area contributed by atoms with Gasteiger partial charge < -0.3 is 14.4 Å². The van der Waals surface area contributed by atoms with Gasteiger partial charge in [0.1, 0.15) is 6.61 Å². The third kappa shape index (κ3) is 6.46. The van der Waals surface area contributed by atoms with Gasteiger partial charge in [0.05, 0.1) is 0 Å². The van der Waals surface area contributed by atoms with Crippen molar-refractivity contribution in [2.24, 2.45) is 0 Å². The van der Waals surface area contributed by atoms with E-state index in [0.29, 0.717) is 23.3 Å². The van der Waals surface area contributed by atoms with Crippen LogP contribution in [0, 0.1) is 0 Å². The molecule has 0 saturated heterocycles. The van der Waals surface area contributed by atoms with E-state index in [9.17, 15) is 0 Å². The molecule has 158 valence electrons. The van der Waals surface area contributed by atoms with Gasteiger partial charge in [-0.25, -0.2) is 4.98 Å². The number of aromatic nitrogens is 1. The first-order valence-electron chi connectivity index (χ1n) is 10.1. The third-order valence-electron chi connectivity index (χ3n) is 4.84. The molecule has 0 fully saturated rings. The van der Waals surface area contributed by atoms with Crippen molar-refractivity contribution in [3.63, 3.8) is 0 Å². The fraction of sp³-hybridized carbons (Fsp3) is 0.292. The summed E-state index contributed by atoms with van der Waals surface area (Å²) in [5.41, 5.74) is 2.14. The second-order valence-electron chi connectivity index (χ2n) is 6.85. The van der Waals surface area contributed by atoms with E-state index in [1.807, 2.05) is 48.5 Å². The van der Waals surface area contributed by atoms with Crippen LogP contribution in [-0.2, 0) is 13.0 Å². The van der Waals surface area contributed by atoms with E-state index >= 15 is 0 Å². The van der Waals surface area contributed by atoms with Crippen LogP contribution in [0.1, 0.15) is 25.0 Å². The Balaban J connectivity index is 1.89. The Morgan fingerprint density at radius 1 is 1.03 bits per heavy atom. The maximum absolute atomic E-state index is 6.29. The van der Waals surface area contributed by atoms with Crippen molar-refractivity contribution in [3.05, 3.63) is 81.4 Å². The van der Waals surface area contributed by atoms with Gasteiger partial charge in [-0.3, -0.25) is 0 Å². The Morgan fingerprint density at radius 3 is 2.47 bits per heavy atom. The third-order valence-corrected chi connectivity index (χ3v) is 5.55. The zero-order valence-corrected chi connectivity index (χ0v) is 19.6. The van der Waals surface area contributed by atoms with Crippen LogP contribution in [0.2, 0.25) is 5.02 Å². The molecule has 30 heavy (non-hydrogen) atoms. The van der Waals surface area contributed by atoms with Crippen LogP contribution in [0.15, 0.2) is 65.3 Å². The van der Waals surface area contributed by atoms with E-state index < -0.39 is 0 Å². The minimum absolute atomic E-state index is 0.426. The lowest BCUT2D eigenvalue weighted by Crippen LogP contribution is -2.25. The standard InChI is InChI=1S/C24H26BrClN2O2/c1-3-28(4-2)14-12-19-15-20(25)16-22(30-23-7-5-6-13-27-23)24(19)29-17-18-8-10-21(26)11-9-18/h5-11,13,15-16H,3-4,12,14,17H2,1-2H3. The second-order valence-corrected chi connectivity index (χ2v) is 8.21. The SMILES string of the molecule is CCN(CC)CCc1cc(Br)cc(Oc2ccccn2)c1OCc1ccc(Cl)cc1. The number of hydrogen-bond acceptors (Lipinski definition) is 4. The molecule has 4 nitrogen and oxygen atoms in total. The molecule has 0 aliphatic heterocycles. The van der Waals surface area contributed by atoms with Crippen molar-refractivity contribution in [3.8, 4) is 17.4 Å². The molecule has 2 aromatic carbocycles. The zero-order chi connectivity index (χ0) is 21.3. The fourth-order valence-corrected chi connectivity index (χ4v) is 3.73. The number of halogens is 2. The molecule has 0 amide bonds. The number of pyridine rings is 1. The Labute approximate surface area is 191 Å².